The van der Waals surface area contributed by atoms with Crippen molar-refractivity contribution in [3.05, 3.63) is 94.7 Å². The summed E-state index contributed by atoms with van der Waals surface area (Å²) in [6.07, 6.45) is 1.45. The number of para-hydroxylation sites is 1. The summed E-state index contributed by atoms with van der Waals surface area (Å²) in [5, 5.41) is 10.4. The number of carbonyl (C=O) groups is 2. The van der Waals surface area contributed by atoms with Gasteiger partial charge in [-0.05, 0) is 49.6 Å². The van der Waals surface area contributed by atoms with Gasteiger partial charge in [-0.3, -0.25) is 18.8 Å². The predicted octanol–water partition coefficient (Wildman–Crippen LogP) is 5.12. The van der Waals surface area contributed by atoms with Crippen molar-refractivity contribution < 1.29 is 18.9 Å². The molecule has 0 aliphatic rings. The molecule has 12 heteroatoms. The molecule has 2 heterocycles. The third-order valence-electron chi connectivity index (χ3n) is 6.46. The fourth-order valence-corrected chi connectivity index (χ4v) is 5.91. The zero-order valence-electron chi connectivity index (χ0n) is 22.7. The second-order valence-electron chi connectivity index (χ2n) is 10.3. The Balaban J connectivity index is 1.54. The lowest BCUT2D eigenvalue weighted by atomic mass is 9.94. The lowest BCUT2D eigenvalue weighted by molar-refractivity contribution is -0.146. The molecule has 4 aromatic rings. The van der Waals surface area contributed by atoms with E-state index < -0.39 is 27.4 Å². The molecule has 2 N–H and O–H groups in total. The zero-order valence-corrected chi connectivity index (χ0v) is 24.4. The van der Waals surface area contributed by atoms with Crippen LogP contribution in [-0.4, -0.2) is 52.3 Å². The number of aromatic nitrogens is 3. The molecule has 2 atom stereocenters. The Kier molecular flexibility index (Phi) is 10.0. The number of hydrogen-bond donors (Lipinski definition) is 2. The van der Waals surface area contributed by atoms with Gasteiger partial charge in [-0.1, -0.05) is 48.5 Å². The molecule has 10 nitrogen and oxygen atoms in total. The highest BCUT2D eigenvalue weighted by Gasteiger charge is 2.30. The van der Waals surface area contributed by atoms with Crippen LogP contribution in [0.25, 0.3) is 11.0 Å². The highest BCUT2D eigenvalue weighted by molar-refractivity contribution is 7.99. The number of fused-ring (bicyclic) bond motifs is 1. The molecule has 0 spiro atoms. The van der Waals surface area contributed by atoms with Crippen molar-refractivity contribution in [2.24, 2.45) is 10.5 Å². The number of carboxylic acid groups (broad SMARTS) is 1. The Morgan fingerprint density at radius 2 is 1.85 bits per heavy atom. The number of amides is 1. The van der Waals surface area contributed by atoms with Crippen molar-refractivity contribution >= 4 is 45.7 Å². The monoisotopic (exact) mass is 593 g/mol. The largest absolute Gasteiger partial charge is 0.481 e. The van der Waals surface area contributed by atoms with Gasteiger partial charge in [0, 0.05) is 42.2 Å². The van der Waals surface area contributed by atoms with E-state index in [0.717, 1.165) is 17.5 Å². The van der Waals surface area contributed by atoms with Crippen LogP contribution in [-0.2, 0) is 39.1 Å². The second kappa shape index (κ2) is 13.6. The number of aliphatic carboxylic acids is 1. The Morgan fingerprint density at radius 3 is 2.54 bits per heavy atom. The molecule has 4 rings (SSSR count). The number of nitrogens with zero attached hydrogens (tertiary/aromatic N) is 4. The number of imidazole rings is 1. The van der Waals surface area contributed by atoms with Crippen molar-refractivity contribution in [1.82, 2.24) is 19.9 Å². The molecular weight excluding hydrogens is 562 g/mol. The maximum absolute atomic E-state index is 13.5. The summed E-state index contributed by atoms with van der Waals surface area (Å²) in [6, 6.07) is 20.1. The number of pyridine rings is 1. The van der Waals surface area contributed by atoms with E-state index in [4.69, 9.17) is 0 Å². The molecule has 0 radical (unpaired) electrons. The highest BCUT2D eigenvalue weighted by Crippen LogP contribution is 2.28. The van der Waals surface area contributed by atoms with E-state index >= 15 is 0 Å². The molecule has 0 bridgehead atoms. The standard InChI is InChI=1S/C29H31N5O5S2/c1-29(2,40-33-38)19-34(17-20-9-4-3-5-10-20)25(35)16-22(27(36)37)15-21-11-8-13-24-26(21)32-28(31-24)41(39)18-23-12-6-7-14-30-23/h3-14,22H,15-19H2,1-2H3,(H,31,32)(H,36,37). The van der Waals surface area contributed by atoms with Gasteiger partial charge in [-0.25, -0.2) is 4.98 Å². The van der Waals surface area contributed by atoms with Crippen LogP contribution in [0.15, 0.2) is 82.7 Å². The van der Waals surface area contributed by atoms with Crippen LogP contribution in [0.5, 0.6) is 0 Å². The molecule has 2 aromatic heterocycles. The Hall–Kier alpha value is -3.90. The second-order valence-corrected chi connectivity index (χ2v) is 13.1. The molecule has 214 valence electrons. The van der Waals surface area contributed by atoms with E-state index in [1.54, 1.807) is 41.4 Å². The summed E-state index contributed by atoms with van der Waals surface area (Å²) < 4.78 is 15.2. The molecule has 0 saturated carbocycles. The maximum Gasteiger partial charge on any atom is 0.307 e. The number of hydrogen-bond acceptors (Lipinski definition) is 8. The average molecular weight is 594 g/mol. The number of benzene rings is 2. The quantitative estimate of drug-likeness (QED) is 0.151. The summed E-state index contributed by atoms with van der Waals surface area (Å²) >= 11 is 0.843. The summed E-state index contributed by atoms with van der Waals surface area (Å²) in [5.74, 6) is -2.28. The minimum Gasteiger partial charge on any atom is -0.481 e. The number of H-pyrrole nitrogens is 1. The number of carboxylic acids is 1. The van der Waals surface area contributed by atoms with E-state index in [2.05, 4.69) is 19.5 Å². The first-order valence-electron chi connectivity index (χ1n) is 13.0. The van der Waals surface area contributed by atoms with Crippen molar-refractivity contribution in [3.8, 4) is 0 Å². The Bertz CT molecular complexity index is 1530. The van der Waals surface area contributed by atoms with Gasteiger partial charge in [0.05, 0.1) is 43.9 Å². The van der Waals surface area contributed by atoms with Crippen LogP contribution >= 0.6 is 11.9 Å². The van der Waals surface area contributed by atoms with Crippen LogP contribution in [0.2, 0.25) is 0 Å². The smallest absolute Gasteiger partial charge is 0.307 e. The van der Waals surface area contributed by atoms with Crippen molar-refractivity contribution in [1.29, 1.82) is 0 Å². The summed E-state index contributed by atoms with van der Waals surface area (Å²) in [4.78, 5) is 50.3. The van der Waals surface area contributed by atoms with E-state index in [9.17, 15) is 23.8 Å². The number of aromatic amines is 1. The minimum absolute atomic E-state index is 0.0583. The van der Waals surface area contributed by atoms with Gasteiger partial charge in [-0.15, -0.1) is 4.91 Å². The fraction of sp³-hybridized carbons (Fsp3) is 0.310. The van der Waals surface area contributed by atoms with Crippen LogP contribution < -0.4 is 0 Å². The van der Waals surface area contributed by atoms with Crippen molar-refractivity contribution in [2.75, 3.05) is 6.54 Å². The topological polar surface area (TPSA) is 146 Å². The number of nitroso groups, excluding NO2 is 1. The zero-order chi connectivity index (χ0) is 29.4. The summed E-state index contributed by atoms with van der Waals surface area (Å²) in [7, 11) is -1.48. The SMILES string of the molecule is CC(C)(CN(Cc1ccccc1)C(=O)CC(Cc1cccc2[nH]c(S(=O)Cc3ccccn3)nc12)C(=O)O)SN=O. The number of nitrogens with one attached hydrogen (secondary N) is 1. The molecule has 2 aromatic carbocycles. The van der Waals surface area contributed by atoms with Gasteiger partial charge < -0.3 is 15.0 Å². The third-order valence-corrected chi connectivity index (χ3v) is 8.34. The molecule has 2 unspecified atom stereocenters. The molecule has 0 aliphatic carbocycles. The predicted molar refractivity (Wildman–Crippen MR) is 159 cm³/mol. The fourth-order valence-electron chi connectivity index (χ4n) is 4.51. The Morgan fingerprint density at radius 1 is 1.10 bits per heavy atom. The van der Waals surface area contributed by atoms with E-state index in [-0.39, 0.29) is 42.7 Å². The summed E-state index contributed by atoms with van der Waals surface area (Å²) in [5.41, 5.74) is 3.34. The van der Waals surface area contributed by atoms with Crippen molar-refractivity contribution in [2.45, 2.75) is 48.9 Å². The highest BCUT2D eigenvalue weighted by atomic mass is 32.2. The molecule has 0 saturated heterocycles. The van der Waals surface area contributed by atoms with Crippen LogP contribution in [0.3, 0.4) is 0 Å². The average Bonchev–Trinajstić information content (AvgIpc) is 3.39. The number of rotatable bonds is 14. The molecule has 0 fully saturated rings. The molecule has 1 amide bonds. The summed E-state index contributed by atoms with van der Waals surface area (Å²) in [6.45, 7) is 4.11. The molecule has 0 aliphatic heterocycles. The maximum atomic E-state index is 13.5. The van der Waals surface area contributed by atoms with Crippen molar-refractivity contribution in [3.63, 3.8) is 0 Å². The van der Waals surface area contributed by atoms with Crippen LogP contribution in [0.1, 0.15) is 37.1 Å². The van der Waals surface area contributed by atoms with E-state index in [1.165, 1.54) is 0 Å². The van der Waals surface area contributed by atoms with Gasteiger partial charge in [-0.2, -0.15) is 0 Å². The van der Waals surface area contributed by atoms with Crippen LogP contribution in [0.4, 0.5) is 0 Å². The first-order chi connectivity index (χ1) is 19.6. The molecule has 41 heavy (non-hydrogen) atoms. The van der Waals surface area contributed by atoms with Gasteiger partial charge in [0.15, 0.2) is 5.16 Å². The lowest BCUT2D eigenvalue weighted by Gasteiger charge is -2.31. The van der Waals surface area contributed by atoms with Gasteiger partial charge in [0.2, 0.25) is 5.91 Å². The van der Waals surface area contributed by atoms with Gasteiger partial charge in [0.25, 0.3) is 0 Å². The first-order valence-corrected chi connectivity index (χ1v) is 15.1. The van der Waals surface area contributed by atoms with Crippen LogP contribution in [0, 0.1) is 10.8 Å². The first kappa shape index (κ1) is 30.1. The van der Waals surface area contributed by atoms with Gasteiger partial charge in [0.1, 0.15) is 0 Å². The third kappa shape index (κ3) is 8.30. The Labute approximate surface area is 244 Å². The number of carbonyl (C=O) groups excluding carboxylic acids is 1. The van der Waals surface area contributed by atoms with E-state index in [0.29, 0.717) is 22.3 Å². The lowest BCUT2D eigenvalue weighted by Crippen LogP contribution is -2.41. The minimum atomic E-state index is -1.48. The van der Waals surface area contributed by atoms with Gasteiger partial charge >= 0.3 is 5.97 Å². The van der Waals surface area contributed by atoms with E-state index in [1.807, 2.05) is 50.2 Å². The normalized spacial score (nSPS) is 13.0. The molecular formula is C29H31N5O5S2.